The zero-order valence-electron chi connectivity index (χ0n) is 11.4. The molecule has 0 unspecified atom stereocenters. The number of rotatable bonds is 8. The molecule has 1 N–H and O–H groups in total. The van der Waals surface area contributed by atoms with E-state index in [-0.39, 0.29) is 0 Å². The SMILES string of the molecule is CCNCCCc1nnc(COc2ccc(Cl)cc2)s1. The maximum Gasteiger partial charge on any atom is 0.155 e. The van der Waals surface area contributed by atoms with Crippen LogP contribution in [0.3, 0.4) is 0 Å². The normalized spacial score (nSPS) is 10.7. The van der Waals surface area contributed by atoms with Crippen molar-refractivity contribution in [1.82, 2.24) is 15.5 Å². The van der Waals surface area contributed by atoms with Crippen molar-refractivity contribution in [2.45, 2.75) is 26.4 Å². The van der Waals surface area contributed by atoms with Crippen LogP contribution in [0.2, 0.25) is 5.02 Å². The molecule has 20 heavy (non-hydrogen) atoms. The van der Waals surface area contributed by atoms with Gasteiger partial charge in [0.05, 0.1) is 0 Å². The van der Waals surface area contributed by atoms with E-state index in [2.05, 4.69) is 22.4 Å². The number of nitrogens with zero attached hydrogens (tertiary/aromatic N) is 2. The molecule has 0 aliphatic carbocycles. The van der Waals surface area contributed by atoms with Crippen LogP contribution in [0.5, 0.6) is 5.75 Å². The molecule has 0 saturated carbocycles. The first kappa shape index (κ1) is 15.2. The Morgan fingerprint density at radius 2 is 1.95 bits per heavy atom. The van der Waals surface area contributed by atoms with Gasteiger partial charge in [-0.05, 0) is 43.8 Å². The first-order valence-corrected chi connectivity index (χ1v) is 7.87. The highest BCUT2D eigenvalue weighted by atomic mass is 35.5. The van der Waals surface area contributed by atoms with Crippen LogP contribution in [-0.4, -0.2) is 23.3 Å². The van der Waals surface area contributed by atoms with E-state index in [0.29, 0.717) is 11.6 Å². The number of ether oxygens (including phenoxy) is 1. The number of hydrogen-bond acceptors (Lipinski definition) is 5. The van der Waals surface area contributed by atoms with Crippen molar-refractivity contribution >= 4 is 22.9 Å². The van der Waals surface area contributed by atoms with Gasteiger partial charge in [0.15, 0.2) is 5.01 Å². The lowest BCUT2D eigenvalue weighted by atomic mass is 10.3. The van der Waals surface area contributed by atoms with E-state index in [0.717, 1.165) is 41.7 Å². The smallest absolute Gasteiger partial charge is 0.155 e. The van der Waals surface area contributed by atoms with E-state index < -0.39 is 0 Å². The lowest BCUT2D eigenvalue weighted by Crippen LogP contribution is -2.14. The van der Waals surface area contributed by atoms with E-state index in [1.807, 2.05) is 24.3 Å². The van der Waals surface area contributed by atoms with Gasteiger partial charge in [0.1, 0.15) is 17.4 Å². The van der Waals surface area contributed by atoms with Crippen LogP contribution in [0.25, 0.3) is 0 Å². The summed E-state index contributed by atoms with van der Waals surface area (Å²) in [7, 11) is 0. The van der Waals surface area contributed by atoms with Crippen LogP contribution in [0.15, 0.2) is 24.3 Å². The second kappa shape index (κ2) is 8.19. The van der Waals surface area contributed by atoms with Gasteiger partial charge in [-0.1, -0.05) is 29.9 Å². The van der Waals surface area contributed by atoms with Crippen molar-refractivity contribution in [3.8, 4) is 5.75 Å². The largest absolute Gasteiger partial charge is 0.486 e. The number of hydrogen-bond donors (Lipinski definition) is 1. The van der Waals surface area contributed by atoms with E-state index in [9.17, 15) is 0 Å². The second-order valence-corrected chi connectivity index (χ2v) is 5.87. The summed E-state index contributed by atoms with van der Waals surface area (Å²) in [4.78, 5) is 0. The van der Waals surface area contributed by atoms with Gasteiger partial charge < -0.3 is 10.1 Å². The summed E-state index contributed by atoms with van der Waals surface area (Å²) in [6.45, 7) is 4.59. The summed E-state index contributed by atoms with van der Waals surface area (Å²) >= 11 is 7.43. The van der Waals surface area contributed by atoms with Gasteiger partial charge >= 0.3 is 0 Å². The first-order valence-electron chi connectivity index (χ1n) is 6.68. The van der Waals surface area contributed by atoms with Crippen molar-refractivity contribution in [3.05, 3.63) is 39.3 Å². The molecule has 0 aliphatic rings. The standard InChI is InChI=1S/C14H18ClN3OS/c1-2-16-9-3-4-13-17-18-14(20-13)10-19-12-7-5-11(15)6-8-12/h5-8,16H,2-4,9-10H2,1H3. The van der Waals surface area contributed by atoms with E-state index in [1.165, 1.54) is 0 Å². The molecule has 4 nitrogen and oxygen atoms in total. The Balaban J connectivity index is 1.76. The summed E-state index contributed by atoms with van der Waals surface area (Å²) in [6, 6.07) is 7.31. The molecule has 0 saturated heterocycles. The van der Waals surface area contributed by atoms with Gasteiger partial charge in [-0.15, -0.1) is 10.2 Å². The van der Waals surface area contributed by atoms with Crippen LogP contribution in [0.4, 0.5) is 0 Å². The van der Waals surface area contributed by atoms with E-state index in [4.69, 9.17) is 16.3 Å². The van der Waals surface area contributed by atoms with Crippen molar-refractivity contribution in [1.29, 1.82) is 0 Å². The average molecular weight is 312 g/mol. The predicted octanol–water partition coefficient (Wildman–Crippen LogP) is 3.31. The highest BCUT2D eigenvalue weighted by Gasteiger charge is 2.05. The second-order valence-electron chi connectivity index (χ2n) is 4.29. The fourth-order valence-electron chi connectivity index (χ4n) is 1.66. The highest BCUT2D eigenvalue weighted by Crippen LogP contribution is 2.18. The van der Waals surface area contributed by atoms with Crippen LogP contribution in [0, 0.1) is 0 Å². The maximum absolute atomic E-state index is 5.82. The molecule has 0 amide bonds. The topological polar surface area (TPSA) is 47.0 Å². The third kappa shape index (κ3) is 5.07. The third-order valence-corrected chi connectivity index (χ3v) is 3.89. The summed E-state index contributed by atoms with van der Waals surface area (Å²) in [6.07, 6.45) is 2.05. The molecule has 2 aromatic rings. The van der Waals surface area contributed by atoms with Gasteiger partial charge in [-0.25, -0.2) is 0 Å². The average Bonchev–Trinajstić information content (AvgIpc) is 2.91. The molecule has 0 fully saturated rings. The quantitative estimate of drug-likeness (QED) is 0.760. The molecule has 0 aliphatic heterocycles. The number of aryl methyl sites for hydroxylation is 1. The zero-order chi connectivity index (χ0) is 14.2. The molecular formula is C14H18ClN3OS. The number of halogens is 1. The van der Waals surface area contributed by atoms with Crippen LogP contribution in [-0.2, 0) is 13.0 Å². The Morgan fingerprint density at radius 3 is 2.70 bits per heavy atom. The lowest BCUT2D eigenvalue weighted by molar-refractivity contribution is 0.304. The molecule has 2 rings (SSSR count). The molecule has 0 bridgehead atoms. The molecule has 0 spiro atoms. The third-order valence-electron chi connectivity index (χ3n) is 2.68. The van der Waals surface area contributed by atoms with Gasteiger partial charge in [0, 0.05) is 11.4 Å². The van der Waals surface area contributed by atoms with Crippen LogP contribution < -0.4 is 10.1 Å². The summed E-state index contributed by atoms with van der Waals surface area (Å²) in [5.41, 5.74) is 0. The minimum Gasteiger partial charge on any atom is -0.486 e. The minimum atomic E-state index is 0.451. The van der Waals surface area contributed by atoms with Crippen molar-refractivity contribution in [3.63, 3.8) is 0 Å². The monoisotopic (exact) mass is 311 g/mol. The Kier molecular flexibility index (Phi) is 6.24. The van der Waals surface area contributed by atoms with Gasteiger partial charge in [0.25, 0.3) is 0 Å². The minimum absolute atomic E-state index is 0.451. The predicted molar refractivity (Wildman–Crippen MR) is 82.6 cm³/mol. The lowest BCUT2D eigenvalue weighted by Gasteiger charge is -2.02. The molecular weight excluding hydrogens is 294 g/mol. The Hall–Kier alpha value is -1.17. The molecule has 1 aromatic carbocycles. The Bertz CT molecular complexity index is 515. The molecule has 108 valence electrons. The maximum atomic E-state index is 5.82. The summed E-state index contributed by atoms with van der Waals surface area (Å²) in [5.74, 6) is 0.790. The summed E-state index contributed by atoms with van der Waals surface area (Å²) in [5, 5.41) is 14.3. The number of benzene rings is 1. The molecule has 0 atom stereocenters. The highest BCUT2D eigenvalue weighted by molar-refractivity contribution is 7.11. The number of aromatic nitrogens is 2. The van der Waals surface area contributed by atoms with Gasteiger partial charge in [-0.2, -0.15) is 0 Å². The molecule has 1 heterocycles. The summed E-state index contributed by atoms with van der Waals surface area (Å²) < 4.78 is 5.64. The Labute approximate surface area is 128 Å². The van der Waals surface area contributed by atoms with E-state index in [1.54, 1.807) is 11.3 Å². The first-order chi connectivity index (χ1) is 9.78. The van der Waals surface area contributed by atoms with Crippen LogP contribution in [0.1, 0.15) is 23.4 Å². The van der Waals surface area contributed by atoms with E-state index >= 15 is 0 Å². The molecule has 1 aromatic heterocycles. The molecule has 6 heteroatoms. The van der Waals surface area contributed by atoms with Crippen molar-refractivity contribution in [2.24, 2.45) is 0 Å². The fraction of sp³-hybridized carbons (Fsp3) is 0.429. The van der Waals surface area contributed by atoms with Crippen molar-refractivity contribution in [2.75, 3.05) is 13.1 Å². The Morgan fingerprint density at radius 1 is 1.20 bits per heavy atom. The van der Waals surface area contributed by atoms with Crippen LogP contribution >= 0.6 is 22.9 Å². The van der Waals surface area contributed by atoms with Gasteiger partial charge in [0.2, 0.25) is 0 Å². The molecule has 0 radical (unpaired) electrons. The van der Waals surface area contributed by atoms with Gasteiger partial charge in [-0.3, -0.25) is 0 Å². The van der Waals surface area contributed by atoms with Crippen molar-refractivity contribution < 1.29 is 4.74 Å². The fourth-order valence-corrected chi connectivity index (χ4v) is 2.59. The zero-order valence-corrected chi connectivity index (χ0v) is 13.0. The number of nitrogens with one attached hydrogen (secondary N) is 1.